The van der Waals surface area contributed by atoms with Gasteiger partial charge in [0.2, 0.25) is 0 Å². The minimum absolute atomic E-state index is 0.263. The summed E-state index contributed by atoms with van der Waals surface area (Å²) in [5.74, 6) is 1.35. The van der Waals surface area contributed by atoms with Crippen molar-refractivity contribution in [1.82, 2.24) is 14.9 Å². The van der Waals surface area contributed by atoms with Crippen molar-refractivity contribution in [3.8, 4) is 0 Å². The van der Waals surface area contributed by atoms with Crippen LogP contribution < -0.4 is 4.90 Å². The van der Waals surface area contributed by atoms with Crippen LogP contribution in [0.2, 0.25) is 0 Å². The molecule has 6 heteroatoms. The van der Waals surface area contributed by atoms with Gasteiger partial charge in [-0.2, -0.15) is 0 Å². The van der Waals surface area contributed by atoms with E-state index >= 15 is 0 Å². The molecule has 1 unspecified atom stereocenters. The van der Waals surface area contributed by atoms with Crippen LogP contribution in [0.1, 0.15) is 32.9 Å². The van der Waals surface area contributed by atoms with E-state index in [9.17, 15) is 4.79 Å². The highest BCUT2D eigenvalue weighted by atomic mass is 16.6. The predicted octanol–water partition coefficient (Wildman–Crippen LogP) is 2.48. The highest BCUT2D eigenvalue weighted by Gasteiger charge is 2.27. The summed E-state index contributed by atoms with van der Waals surface area (Å²) in [4.78, 5) is 24.6. The van der Waals surface area contributed by atoms with Gasteiger partial charge in [0.15, 0.2) is 0 Å². The molecule has 0 radical (unpaired) electrons. The Labute approximate surface area is 132 Å². The first-order chi connectivity index (χ1) is 10.2. The summed E-state index contributed by atoms with van der Waals surface area (Å²) in [6.07, 6.45) is 4.34. The van der Waals surface area contributed by atoms with E-state index in [1.807, 2.05) is 27.7 Å². The van der Waals surface area contributed by atoms with E-state index in [0.29, 0.717) is 12.5 Å². The molecule has 1 aliphatic rings. The molecule has 1 fully saturated rings. The van der Waals surface area contributed by atoms with Crippen LogP contribution in [-0.4, -0.2) is 53.2 Å². The van der Waals surface area contributed by atoms with Crippen molar-refractivity contribution in [3.05, 3.63) is 18.1 Å². The number of aromatic nitrogens is 2. The van der Waals surface area contributed by atoms with Gasteiger partial charge in [0.1, 0.15) is 11.4 Å². The number of hydrogen-bond donors (Lipinski definition) is 0. The van der Waals surface area contributed by atoms with E-state index in [0.717, 1.165) is 31.0 Å². The van der Waals surface area contributed by atoms with Crippen LogP contribution >= 0.6 is 0 Å². The second-order valence-corrected chi connectivity index (χ2v) is 6.98. The summed E-state index contributed by atoms with van der Waals surface area (Å²) in [6.45, 7) is 10.1. The standard InChI is InChI=1S/C16H26N4O2/c1-12-8-17-9-14(18-12)20-7-6-13(11-20)10-19(5)15(21)22-16(2,3)4/h8-9,13H,6-7,10-11H2,1-5H3. The summed E-state index contributed by atoms with van der Waals surface area (Å²) in [6, 6.07) is 0. The van der Waals surface area contributed by atoms with Crippen LogP contribution in [0.5, 0.6) is 0 Å². The molecule has 0 saturated carbocycles. The third-order valence-corrected chi connectivity index (χ3v) is 3.59. The number of anilines is 1. The molecule has 0 spiro atoms. The lowest BCUT2D eigenvalue weighted by Gasteiger charge is -2.26. The molecule has 1 atom stereocenters. The lowest BCUT2D eigenvalue weighted by atomic mass is 10.1. The van der Waals surface area contributed by atoms with Crippen molar-refractivity contribution in [2.75, 3.05) is 31.6 Å². The minimum Gasteiger partial charge on any atom is -0.444 e. The van der Waals surface area contributed by atoms with E-state index in [2.05, 4.69) is 14.9 Å². The molecule has 1 aromatic rings. The van der Waals surface area contributed by atoms with Gasteiger partial charge in [-0.25, -0.2) is 9.78 Å². The zero-order valence-electron chi connectivity index (χ0n) is 14.2. The van der Waals surface area contributed by atoms with Gasteiger partial charge in [-0.05, 0) is 40.0 Å². The topological polar surface area (TPSA) is 58.6 Å². The first-order valence-electron chi connectivity index (χ1n) is 7.72. The molecule has 1 amide bonds. The lowest BCUT2D eigenvalue weighted by molar-refractivity contribution is 0.0277. The van der Waals surface area contributed by atoms with E-state index in [4.69, 9.17) is 4.74 Å². The zero-order valence-corrected chi connectivity index (χ0v) is 14.2. The van der Waals surface area contributed by atoms with Crippen molar-refractivity contribution in [2.24, 2.45) is 5.92 Å². The first kappa shape index (κ1) is 16.5. The van der Waals surface area contributed by atoms with Crippen molar-refractivity contribution >= 4 is 11.9 Å². The molecule has 1 aliphatic heterocycles. The molecular weight excluding hydrogens is 280 g/mol. The number of nitrogens with zero attached hydrogens (tertiary/aromatic N) is 4. The number of rotatable bonds is 3. The van der Waals surface area contributed by atoms with Crippen molar-refractivity contribution in [1.29, 1.82) is 0 Å². The molecule has 0 N–H and O–H groups in total. The molecular formula is C16H26N4O2. The number of aryl methyl sites for hydroxylation is 1. The molecule has 22 heavy (non-hydrogen) atoms. The van der Waals surface area contributed by atoms with E-state index in [1.165, 1.54) is 0 Å². The van der Waals surface area contributed by atoms with Gasteiger partial charge in [0.25, 0.3) is 0 Å². The molecule has 2 rings (SSSR count). The summed E-state index contributed by atoms with van der Waals surface area (Å²) in [5.41, 5.74) is 0.469. The van der Waals surface area contributed by atoms with E-state index in [-0.39, 0.29) is 6.09 Å². The smallest absolute Gasteiger partial charge is 0.410 e. The van der Waals surface area contributed by atoms with Crippen LogP contribution in [0.25, 0.3) is 0 Å². The van der Waals surface area contributed by atoms with Gasteiger partial charge in [0.05, 0.1) is 11.9 Å². The normalized spacial score (nSPS) is 18.4. The quantitative estimate of drug-likeness (QED) is 0.858. The Balaban J connectivity index is 1.87. The Hall–Kier alpha value is -1.85. The Kier molecular flexibility index (Phi) is 4.88. The van der Waals surface area contributed by atoms with E-state index in [1.54, 1.807) is 24.3 Å². The first-order valence-corrected chi connectivity index (χ1v) is 7.72. The maximum absolute atomic E-state index is 12.0. The summed E-state index contributed by atoms with van der Waals surface area (Å²) >= 11 is 0. The van der Waals surface area contributed by atoms with Crippen molar-refractivity contribution in [2.45, 2.75) is 39.7 Å². The van der Waals surface area contributed by atoms with Gasteiger partial charge in [-0.3, -0.25) is 4.98 Å². The maximum atomic E-state index is 12.0. The largest absolute Gasteiger partial charge is 0.444 e. The monoisotopic (exact) mass is 306 g/mol. The lowest BCUT2D eigenvalue weighted by Crippen LogP contribution is -2.37. The van der Waals surface area contributed by atoms with E-state index < -0.39 is 5.60 Å². The van der Waals surface area contributed by atoms with Crippen LogP contribution in [0.3, 0.4) is 0 Å². The maximum Gasteiger partial charge on any atom is 0.410 e. The van der Waals surface area contributed by atoms with Crippen LogP contribution in [-0.2, 0) is 4.74 Å². The SMILES string of the molecule is Cc1cncc(N2CCC(CN(C)C(=O)OC(C)(C)C)C2)n1. The third kappa shape index (κ3) is 4.58. The second kappa shape index (κ2) is 6.50. The van der Waals surface area contributed by atoms with Crippen LogP contribution in [0, 0.1) is 12.8 Å². The zero-order chi connectivity index (χ0) is 16.3. The highest BCUT2D eigenvalue weighted by molar-refractivity contribution is 5.67. The Morgan fingerprint density at radius 3 is 2.82 bits per heavy atom. The predicted molar refractivity (Wildman–Crippen MR) is 86.0 cm³/mol. The average Bonchev–Trinajstić information content (AvgIpc) is 2.85. The summed E-state index contributed by atoms with van der Waals surface area (Å²) in [5, 5.41) is 0. The summed E-state index contributed by atoms with van der Waals surface area (Å²) in [7, 11) is 1.79. The average molecular weight is 306 g/mol. The van der Waals surface area contributed by atoms with Crippen molar-refractivity contribution < 1.29 is 9.53 Å². The minimum atomic E-state index is -0.454. The Morgan fingerprint density at radius 1 is 1.45 bits per heavy atom. The number of carbonyl (C=O) groups is 1. The summed E-state index contributed by atoms with van der Waals surface area (Å²) < 4.78 is 5.39. The molecule has 1 saturated heterocycles. The fraction of sp³-hybridized carbons (Fsp3) is 0.688. The molecule has 0 aliphatic carbocycles. The Bertz CT molecular complexity index is 527. The van der Waals surface area contributed by atoms with Gasteiger partial charge in [-0.1, -0.05) is 0 Å². The molecule has 1 aromatic heterocycles. The number of ether oxygens (including phenoxy) is 1. The third-order valence-electron chi connectivity index (χ3n) is 3.59. The molecule has 2 heterocycles. The fourth-order valence-electron chi connectivity index (χ4n) is 2.59. The number of amides is 1. The Morgan fingerprint density at radius 2 is 2.18 bits per heavy atom. The van der Waals surface area contributed by atoms with Gasteiger partial charge >= 0.3 is 6.09 Å². The fourth-order valence-corrected chi connectivity index (χ4v) is 2.59. The molecule has 122 valence electrons. The van der Waals surface area contributed by atoms with Gasteiger partial charge < -0.3 is 14.5 Å². The number of carbonyl (C=O) groups excluding carboxylic acids is 1. The highest BCUT2D eigenvalue weighted by Crippen LogP contribution is 2.22. The second-order valence-electron chi connectivity index (χ2n) is 6.98. The number of hydrogen-bond acceptors (Lipinski definition) is 5. The van der Waals surface area contributed by atoms with Gasteiger partial charge in [0, 0.05) is 32.9 Å². The molecule has 6 nitrogen and oxygen atoms in total. The van der Waals surface area contributed by atoms with Crippen molar-refractivity contribution in [3.63, 3.8) is 0 Å². The van der Waals surface area contributed by atoms with Gasteiger partial charge in [-0.15, -0.1) is 0 Å². The van der Waals surface area contributed by atoms with Crippen LogP contribution in [0.4, 0.5) is 10.6 Å². The molecule has 0 bridgehead atoms. The molecule has 0 aromatic carbocycles. The van der Waals surface area contributed by atoms with Crippen LogP contribution in [0.15, 0.2) is 12.4 Å².